The number of ether oxygens (including phenoxy) is 1. The highest BCUT2D eigenvalue weighted by Gasteiger charge is 2.22. The predicted molar refractivity (Wildman–Crippen MR) is 124 cm³/mol. The highest BCUT2D eigenvalue weighted by Crippen LogP contribution is 2.35. The molecule has 0 saturated carbocycles. The lowest BCUT2D eigenvalue weighted by Crippen LogP contribution is -2.22. The first kappa shape index (κ1) is 20.3. The van der Waals surface area contributed by atoms with E-state index in [0.717, 1.165) is 57.4 Å². The van der Waals surface area contributed by atoms with Gasteiger partial charge in [-0.05, 0) is 50.3 Å². The summed E-state index contributed by atoms with van der Waals surface area (Å²) >= 11 is 3.20. The smallest absolute Gasteiger partial charge is 0.263 e. The Morgan fingerprint density at radius 1 is 1.26 bits per heavy atom. The lowest BCUT2D eigenvalue weighted by molar-refractivity contribution is 0.395. The van der Waals surface area contributed by atoms with Gasteiger partial charge in [0.25, 0.3) is 5.56 Å². The van der Waals surface area contributed by atoms with Crippen molar-refractivity contribution in [3.05, 3.63) is 56.9 Å². The van der Waals surface area contributed by atoms with Gasteiger partial charge < -0.3 is 9.26 Å². The minimum Gasteiger partial charge on any atom is -0.496 e. The van der Waals surface area contributed by atoms with Gasteiger partial charge in [-0.3, -0.25) is 9.36 Å². The van der Waals surface area contributed by atoms with Gasteiger partial charge in [0.05, 0.1) is 18.2 Å². The number of hydrogen-bond acceptors (Lipinski definition) is 7. The first-order valence-corrected chi connectivity index (χ1v) is 12.3. The molecule has 0 atom stereocenters. The zero-order chi connectivity index (χ0) is 21.4. The van der Waals surface area contributed by atoms with Crippen LogP contribution in [0.1, 0.15) is 36.0 Å². The van der Waals surface area contributed by atoms with Crippen molar-refractivity contribution in [1.29, 1.82) is 0 Å². The zero-order valence-corrected chi connectivity index (χ0v) is 19.1. The Morgan fingerprint density at radius 3 is 2.94 bits per heavy atom. The van der Waals surface area contributed by atoms with Gasteiger partial charge in [0.15, 0.2) is 5.16 Å². The van der Waals surface area contributed by atoms with Crippen molar-refractivity contribution in [3.8, 4) is 17.0 Å². The number of fused-ring (bicyclic) bond motifs is 3. The van der Waals surface area contributed by atoms with Crippen LogP contribution in [0.25, 0.3) is 21.5 Å². The number of benzene rings is 1. The number of thiophene rings is 1. The molecule has 0 radical (unpaired) electrons. The summed E-state index contributed by atoms with van der Waals surface area (Å²) < 4.78 is 12.8. The molecule has 1 aliphatic rings. The number of para-hydroxylation sites is 1. The Kier molecular flexibility index (Phi) is 5.58. The molecule has 6 nitrogen and oxygen atoms in total. The summed E-state index contributed by atoms with van der Waals surface area (Å²) in [6, 6.07) is 9.64. The first-order chi connectivity index (χ1) is 15.2. The molecule has 5 rings (SSSR count). The lowest BCUT2D eigenvalue weighted by atomic mass is 9.97. The Hall–Kier alpha value is -2.58. The van der Waals surface area contributed by atoms with Crippen LogP contribution in [-0.4, -0.2) is 21.8 Å². The van der Waals surface area contributed by atoms with E-state index in [9.17, 15) is 4.79 Å². The summed E-state index contributed by atoms with van der Waals surface area (Å²) in [6.07, 6.45) is 4.41. The third kappa shape index (κ3) is 3.68. The minimum absolute atomic E-state index is 0.0849. The molecule has 31 heavy (non-hydrogen) atoms. The molecule has 0 fully saturated rings. The molecule has 4 aromatic rings. The molecule has 160 valence electrons. The van der Waals surface area contributed by atoms with Crippen molar-refractivity contribution in [2.75, 3.05) is 7.11 Å². The van der Waals surface area contributed by atoms with Crippen LogP contribution in [0.4, 0.5) is 0 Å². The largest absolute Gasteiger partial charge is 0.496 e. The molecular formula is C23H23N3O3S2. The average molecular weight is 454 g/mol. The number of aromatic nitrogens is 3. The fourth-order valence-corrected chi connectivity index (χ4v) is 6.35. The van der Waals surface area contributed by atoms with E-state index < -0.39 is 0 Å². The van der Waals surface area contributed by atoms with Gasteiger partial charge in [0.2, 0.25) is 0 Å². The summed E-state index contributed by atoms with van der Waals surface area (Å²) in [4.78, 5) is 20.3. The molecule has 3 aromatic heterocycles. The Balaban J connectivity index is 1.44. The van der Waals surface area contributed by atoms with E-state index in [1.165, 1.54) is 28.6 Å². The number of aryl methyl sites for hydroxylation is 2. The second-order valence-corrected chi connectivity index (χ2v) is 9.53. The Bertz CT molecular complexity index is 1310. The standard InChI is InChI=1S/C23H23N3O3S2/c1-3-26-22(27)20-16-9-5-7-11-19(16)31-21(20)24-23(26)30-13-14-12-17(25-29-14)15-8-4-6-10-18(15)28-2/h4,6,8,10,12H,3,5,7,9,11,13H2,1-2H3. The Morgan fingerprint density at radius 2 is 2.10 bits per heavy atom. The monoisotopic (exact) mass is 453 g/mol. The van der Waals surface area contributed by atoms with Gasteiger partial charge in [-0.25, -0.2) is 4.98 Å². The van der Waals surface area contributed by atoms with E-state index in [1.54, 1.807) is 23.0 Å². The SMILES string of the molecule is CCn1c(SCc2cc(-c3ccccc3OC)no2)nc2sc3c(c2c1=O)CCCC3. The van der Waals surface area contributed by atoms with E-state index in [2.05, 4.69) is 5.16 Å². The third-order valence-corrected chi connectivity index (χ3v) is 7.83. The van der Waals surface area contributed by atoms with Crippen LogP contribution in [0.15, 0.2) is 44.8 Å². The third-order valence-electron chi connectivity index (χ3n) is 5.64. The Labute approximate surface area is 188 Å². The molecule has 8 heteroatoms. The van der Waals surface area contributed by atoms with Crippen molar-refractivity contribution < 1.29 is 9.26 Å². The van der Waals surface area contributed by atoms with E-state index in [4.69, 9.17) is 14.2 Å². The van der Waals surface area contributed by atoms with Crippen molar-refractivity contribution in [2.45, 2.75) is 50.1 Å². The molecule has 0 saturated heterocycles. The maximum atomic E-state index is 13.3. The van der Waals surface area contributed by atoms with Gasteiger partial charge >= 0.3 is 0 Å². The quantitative estimate of drug-likeness (QED) is 0.291. The number of thioether (sulfide) groups is 1. The van der Waals surface area contributed by atoms with Crippen molar-refractivity contribution >= 4 is 33.3 Å². The minimum atomic E-state index is 0.0849. The van der Waals surface area contributed by atoms with Gasteiger partial charge in [0.1, 0.15) is 22.0 Å². The molecule has 0 spiro atoms. The second kappa shape index (κ2) is 8.51. The summed E-state index contributed by atoms with van der Waals surface area (Å²) in [7, 11) is 1.64. The van der Waals surface area contributed by atoms with E-state index in [0.29, 0.717) is 12.3 Å². The number of nitrogens with zero attached hydrogens (tertiary/aromatic N) is 3. The number of methoxy groups -OCH3 is 1. The van der Waals surface area contributed by atoms with Crippen molar-refractivity contribution in [3.63, 3.8) is 0 Å². The number of rotatable bonds is 6. The van der Waals surface area contributed by atoms with Gasteiger partial charge in [-0.15, -0.1) is 11.3 Å². The molecule has 0 bridgehead atoms. The molecule has 0 N–H and O–H groups in total. The lowest BCUT2D eigenvalue weighted by Gasteiger charge is -2.11. The highest BCUT2D eigenvalue weighted by atomic mass is 32.2. The summed E-state index contributed by atoms with van der Waals surface area (Å²) in [5.74, 6) is 2.03. The predicted octanol–water partition coefficient (Wildman–Crippen LogP) is 5.31. The molecular weight excluding hydrogens is 430 g/mol. The van der Waals surface area contributed by atoms with Gasteiger partial charge in [-0.2, -0.15) is 0 Å². The van der Waals surface area contributed by atoms with Crippen LogP contribution in [-0.2, 0) is 25.1 Å². The van der Waals surface area contributed by atoms with Crippen LogP contribution in [0, 0.1) is 0 Å². The van der Waals surface area contributed by atoms with E-state index in [1.807, 2.05) is 37.3 Å². The zero-order valence-electron chi connectivity index (χ0n) is 17.5. The van der Waals surface area contributed by atoms with Gasteiger partial charge in [-0.1, -0.05) is 29.1 Å². The van der Waals surface area contributed by atoms with E-state index >= 15 is 0 Å². The van der Waals surface area contributed by atoms with Crippen LogP contribution in [0.2, 0.25) is 0 Å². The van der Waals surface area contributed by atoms with Crippen LogP contribution in [0.5, 0.6) is 5.75 Å². The van der Waals surface area contributed by atoms with Crippen LogP contribution >= 0.6 is 23.1 Å². The van der Waals surface area contributed by atoms with Gasteiger partial charge in [0, 0.05) is 23.1 Å². The topological polar surface area (TPSA) is 70.2 Å². The average Bonchev–Trinajstić information content (AvgIpc) is 3.42. The molecule has 3 heterocycles. The molecule has 0 amide bonds. The summed E-state index contributed by atoms with van der Waals surface area (Å²) in [6.45, 7) is 2.59. The van der Waals surface area contributed by atoms with Crippen LogP contribution < -0.4 is 10.3 Å². The van der Waals surface area contributed by atoms with Crippen LogP contribution in [0.3, 0.4) is 0 Å². The van der Waals surface area contributed by atoms with E-state index in [-0.39, 0.29) is 5.56 Å². The molecule has 0 unspecified atom stereocenters. The first-order valence-electron chi connectivity index (χ1n) is 10.5. The van der Waals surface area contributed by atoms with Crippen molar-refractivity contribution in [1.82, 2.24) is 14.7 Å². The molecule has 1 aliphatic carbocycles. The fraction of sp³-hybridized carbons (Fsp3) is 0.348. The second-order valence-electron chi connectivity index (χ2n) is 7.50. The van der Waals surface area contributed by atoms with Crippen molar-refractivity contribution in [2.24, 2.45) is 0 Å². The molecule has 1 aromatic carbocycles. The molecule has 0 aliphatic heterocycles. The summed E-state index contributed by atoms with van der Waals surface area (Å²) in [5, 5.41) is 5.77. The fourth-order valence-electron chi connectivity index (χ4n) is 4.11. The normalized spacial score (nSPS) is 13.5. The maximum absolute atomic E-state index is 13.3. The number of hydrogen-bond donors (Lipinski definition) is 0. The summed E-state index contributed by atoms with van der Waals surface area (Å²) in [5.41, 5.74) is 2.94. The maximum Gasteiger partial charge on any atom is 0.263 e. The highest BCUT2D eigenvalue weighted by molar-refractivity contribution is 7.98.